The molecule has 1 fully saturated rings. The molecule has 0 unspecified atom stereocenters. The van der Waals surface area contributed by atoms with Gasteiger partial charge in [-0.1, -0.05) is 18.0 Å². The first-order valence-electron chi connectivity index (χ1n) is 8.82. The van der Waals surface area contributed by atoms with Crippen LogP contribution >= 0.6 is 19.4 Å². The maximum atomic E-state index is 11.9. The van der Waals surface area contributed by atoms with Crippen molar-refractivity contribution in [3.05, 3.63) is 40.2 Å². The van der Waals surface area contributed by atoms with Gasteiger partial charge in [0.2, 0.25) is 0 Å². The molecule has 0 atom stereocenters. The fraction of sp³-hybridized carbons (Fsp3) is 0.412. The molecule has 3 rings (SSSR count). The number of hydrogen-bond acceptors (Lipinski definition) is 7. The van der Waals surface area contributed by atoms with Crippen LogP contribution in [0.5, 0.6) is 11.5 Å². The van der Waals surface area contributed by atoms with Gasteiger partial charge in [0.25, 0.3) is 0 Å². The summed E-state index contributed by atoms with van der Waals surface area (Å²) in [5.74, 6) is -0.0682. The molecule has 1 aromatic carbocycles. The van der Waals surface area contributed by atoms with E-state index >= 15 is 0 Å². The summed E-state index contributed by atoms with van der Waals surface area (Å²) in [5, 5.41) is 13.5. The maximum absolute atomic E-state index is 11.9. The Hall–Kier alpha value is -1.93. The van der Waals surface area contributed by atoms with Crippen LogP contribution in [0.2, 0.25) is 5.02 Å². The van der Waals surface area contributed by atoms with Gasteiger partial charge in [-0.3, -0.25) is 4.52 Å². The predicted octanol–water partition coefficient (Wildman–Crippen LogP) is 3.08. The second-order valence-corrected chi connectivity index (χ2v) is 10.7. The van der Waals surface area contributed by atoms with Crippen LogP contribution < -0.4 is 4.74 Å². The molecule has 0 aliphatic heterocycles. The monoisotopic (exact) mass is 475 g/mol. The number of aromatic nitrogens is 2. The summed E-state index contributed by atoms with van der Waals surface area (Å²) >= 11 is 6.06. The van der Waals surface area contributed by atoms with Crippen LogP contribution in [-0.4, -0.2) is 34.2 Å². The van der Waals surface area contributed by atoms with Crippen LogP contribution in [0.1, 0.15) is 42.1 Å². The maximum Gasteiger partial charge on any atom is 0.469 e. The van der Waals surface area contributed by atoms with Crippen molar-refractivity contribution in [2.24, 2.45) is 0 Å². The largest absolute Gasteiger partial charge is 0.469 e. The number of phosphoric ester groups is 1. The minimum Gasteiger partial charge on any atom is -0.453 e. The molecule has 1 aromatic heterocycles. The first-order valence-corrected chi connectivity index (χ1v) is 12.8. The molecular weight excluding hydrogens is 457 g/mol. The zero-order valence-electron chi connectivity index (χ0n) is 15.9. The van der Waals surface area contributed by atoms with Crippen molar-refractivity contribution >= 4 is 29.3 Å². The third-order valence-corrected chi connectivity index (χ3v) is 6.03. The van der Waals surface area contributed by atoms with Crippen molar-refractivity contribution < 1.29 is 32.0 Å². The van der Waals surface area contributed by atoms with Crippen molar-refractivity contribution in [1.82, 2.24) is 9.78 Å². The van der Waals surface area contributed by atoms with Gasteiger partial charge in [0.1, 0.15) is 35.7 Å². The van der Waals surface area contributed by atoms with E-state index in [1.807, 2.05) is 6.07 Å². The molecule has 1 aliphatic rings. The number of nitriles is 1. The molecule has 0 saturated heterocycles. The fourth-order valence-electron chi connectivity index (χ4n) is 2.94. The average molecular weight is 476 g/mol. The van der Waals surface area contributed by atoms with Crippen molar-refractivity contribution in [2.75, 3.05) is 6.26 Å². The van der Waals surface area contributed by atoms with E-state index in [9.17, 15) is 13.0 Å². The molecule has 1 saturated carbocycles. The minimum absolute atomic E-state index is 0.0171. The van der Waals surface area contributed by atoms with Gasteiger partial charge >= 0.3 is 7.82 Å². The number of sulfone groups is 1. The van der Waals surface area contributed by atoms with Gasteiger partial charge < -0.3 is 14.5 Å². The smallest absolute Gasteiger partial charge is 0.453 e. The van der Waals surface area contributed by atoms with Crippen molar-refractivity contribution in [3.63, 3.8) is 0 Å². The first kappa shape index (κ1) is 22.7. The Morgan fingerprint density at radius 1 is 1.40 bits per heavy atom. The molecule has 2 aromatic rings. The molecule has 0 bridgehead atoms. The quantitative estimate of drug-likeness (QED) is 0.548. The van der Waals surface area contributed by atoms with E-state index in [2.05, 4.69) is 9.62 Å². The predicted molar refractivity (Wildman–Crippen MR) is 107 cm³/mol. The molecule has 10 nitrogen and oxygen atoms in total. The molecule has 1 heterocycles. The van der Waals surface area contributed by atoms with Gasteiger partial charge in [0.15, 0.2) is 15.6 Å². The molecule has 1 aliphatic carbocycles. The first-order chi connectivity index (χ1) is 14.0. The molecule has 0 amide bonds. The van der Waals surface area contributed by atoms with Gasteiger partial charge in [0, 0.05) is 18.2 Å². The summed E-state index contributed by atoms with van der Waals surface area (Å²) in [6.07, 6.45) is 3.63. The average Bonchev–Trinajstić information content (AvgIpc) is 2.86. The molecule has 30 heavy (non-hydrogen) atoms. The Morgan fingerprint density at radius 2 is 2.10 bits per heavy atom. The summed E-state index contributed by atoms with van der Waals surface area (Å²) in [5.41, 5.74) is 0.807. The standard InChI is InChI=1S/C17H19ClN3O7PS/c1-30(25,26)10-21-15(9-27-29(22,23)24)17(16(20-21)11-3-2-4-11)28-13-6-5-12(8-19)14(18)7-13/h5-7,11H,2-4,9-10H2,1H3,(H2,22,23,24). The third kappa shape index (κ3) is 5.60. The lowest BCUT2D eigenvalue weighted by atomic mass is 9.82. The van der Waals surface area contributed by atoms with Gasteiger partial charge in [-0.25, -0.2) is 17.7 Å². The number of benzene rings is 1. The van der Waals surface area contributed by atoms with E-state index in [4.69, 9.17) is 31.4 Å². The lowest BCUT2D eigenvalue weighted by Gasteiger charge is -2.24. The Labute approximate surface area is 178 Å². The number of halogens is 1. The lowest BCUT2D eigenvalue weighted by Crippen LogP contribution is -2.15. The topological polar surface area (TPSA) is 152 Å². The molecule has 162 valence electrons. The highest BCUT2D eigenvalue weighted by Crippen LogP contribution is 2.45. The van der Waals surface area contributed by atoms with E-state index in [1.165, 1.54) is 18.2 Å². The van der Waals surface area contributed by atoms with Gasteiger partial charge in [-0.15, -0.1) is 0 Å². The van der Waals surface area contributed by atoms with Gasteiger partial charge in [-0.2, -0.15) is 10.4 Å². The highest BCUT2D eigenvalue weighted by molar-refractivity contribution is 7.89. The molecule has 0 spiro atoms. The summed E-state index contributed by atoms with van der Waals surface area (Å²) in [4.78, 5) is 18.2. The Bertz CT molecular complexity index is 1150. The number of rotatable bonds is 8. The van der Waals surface area contributed by atoms with E-state index < -0.39 is 30.1 Å². The number of phosphoric acid groups is 1. The summed E-state index contributed by atoms with van der Waals surface area (Å²) in [7, 11) is -8.36. The van der Waals surface area contributed by atoms with E-state index in [1.54, 1.807) is 0 Å². The summed E-state index contributed by atoms with van der Waals surface area (Å²) < 4.78 is 46.6. The van der Waals surface area contributed by atoms with E-state index in [0.29, 0.717) is 5.69 Å². The normalized spacial score (nSPS) is 14.9. The van der Waals surface area contributed by atoms with Crippen molar-refractivity contribution in [1.29, 1.82) is 5.26 Å². The third-order valence-electron chi connectivity index (χ3n) is 4.53. The zero-order valence-corrected chi connectivity index (χ0v) is 18.3. The number of hydrogen-bond donors (Lipinski definition) is 2. The van der Waals surface area contributed by atoms with Crippen LogP contribution in [0, 0.1) is 11.3 Å². The van der Waals surface area contributed by atoms with Crippen molar-refractivity contribution in [2.45, 2.75) is 37.7 Å². The Morgan fingerprint density at radius 3 is 2.60 bits per heavy atom. The molecule has 13 heteroatoms. The Balaban J connectivity index is 2.08. The van der Waals surface area contributed by atoms with Gasteiger partial charge in [-0.05, 0) is 25.0 Å². The highest BCUT2D eigenvalue weighted by atomic mass is 35.5. The van der Waals surface area contributed by atoms with Crippen LogP contribution in [-0.2, 0) is 31.4 Å². The number of nitrogens with zero attached hydrogens (tertiary/aromatic N) is 3. The van der Waals surface area contributed by atoms with Gasteiger partial charge in [0.05, 0.1) is 10.6 Å². The highest BCUT2D eigenvalue weighted by Gasteiger charge is 2.32. The van der Waals surface area contributed by atoms with Crippen molar-refractivity contribution in [3.8, 4) is 17.6 Å². The second kappa shape index (κ2) is 8.67. The van der Waals surface area contributed by atoms with Crippen LogP contribution in [0.15, 0.2) is 18.2 Å². The van der Waals surface area contributed by atoms with E-state index in [0.717, 1.165) is 30.2 Å². The molecule has 2 N–H and O–H groups in total. The van der Waals surface area contributed by atoms with Crippen LogP contribution in [0.3, 0.4) is 0 Å². The second-order valence-electron chi connectivity index (χ2n) is 6.96. The minimum atomic E-state index is -4.83. The molecular formula is C17H19ClN3O7PS. The fourth-order valence-corrected chi connectivity index (χ4v) is 4.10. The SMILES string of the molecule is CS(=O)(=O)Cn1nc(C2CCC2)c(Oc2ccc(C#N)c(Cl)c2)c1COP(=O)(O)O. The van der Waals surface area contributed by atoms with E-state index in [-0.39, 0.29) is 33.7 Å². The lowest BCUT2D eigenvalue weighted by molar-refractivity contribution is 0.183. The number of ether oxygens (including phenoxy) is 1. The zero-order chi connectivity index (χ0) is 22.1. The van der Waals surface area contributed by atoms with Crippen LogP contribution in [0.4, 0.5) is 0 Å². The summed E-state index contributed by atoms with van der Waals surface area (Å²) in [6.45, 7) is -0.612. The molecule has 0 radical (unpaired) electrons. The van der Waals surface area contributed by atoms with Crippen LogP contribution in [0.25, 0.3) is 0 Å². The summed E-state index contributed by atoms with van der Waals surface area (Å²) in [6, 6.07) is 6.33. The Kier molecular flexibility index (Phi) is 6.57.